The Morgan fingerprint density at radius 1 is 0.500 bits per heavy atom. The summed E-state index contributed by atoms with van der Waals surface area (Å²) in [5.74, 6) is 3.95. The molecule has 0 heterocycles. The Morgan fingerprint density at radius 3 is 1.57 bits per heavy atom. The minimum atomic E-state index is 0.783. The Bertz CT molecular complexity index is 590. The zero-order valence-corrected chi connectivity index (χ0v) is 31.8. The molecule has 0 bridgehead atoms. The van der Waals surface area contributed by atoms with Crippen LogP contribution in [0.4, 0.5) is 0 Å². The molecular weight excluding hydrogens is 587 g/mol. The number of hydrogen-bond acceptors (Lipinski definition) is 5. The van der Waals surface area contributed by atoms with E-state index in [1.54, 1.807) is 0 Å². The van der Waals surface area contributed by atoms with Crippen molar-refractivity contribution in [2.24, 2.45) is 0 Å². The van der Waals surface area contributed by atoms with Gasteiger partial charge in [0.25, 0.3) is 0 Å². The van der Waals surface area contributed by atoms with Gasteiger partial charge in [0, 0.05) is 22.5 Å². The van der Waals surface area contributed by atoms with Crippen molar-refractivity contribution < 1.29 is 0 Å². The van der Waals surface area contributed by atoms with E-state index in [9.17, 15) is 0 Å². The second kappa shape index (κ2) is 37.8. The summed E-state index contributed by atoms with van der Waals surface area (Å²) in [4.78, 5) is 2.35. The smallest absolute Gasteiger partial charge is 0.0262 e. The second-order valence-electron chi connectivity index (χ2n) is 12.0. The van der Waals surface area contributed by atoms with Crippen LogP contribution in [0.5, 0.6) is 0 Å². The Labute approximate surface area is 281 Å². The van der Waals surface area contributed by atoms with Crippen LogP contribution in [0.1, 0.15) is 155 Å². The second-order valence-corrected chi connectivity index (χ2v) is 17.4. The van der Waals surface area contributed by atoms with Crippen molar-refractivity contribution in [3.05, 3.63) is 36.5 Å². The molecule has 0 saturated carbocycles. The third-order valence-corrected chi connectivity index (χ3v) is 13.1. The molecule has 1 atom stereocenters. The summed E-state index contributed by atoms with van der Waals surface area (Å²) in [6.07, 6.45) is 43.8. The third-order valence-electron chi connectivity index (χ3n) is 7.34. The first-order valence-electron chi connectivity index (χ1n) is 17.8. The molecular formula is C37H71NS4. The van der Waals surface area contributed by atoms with Crippen molar-refractivity contribution in [1.29, 1.82) is 0 Å². The van der Waals surface area contributed by atoms with Crippen LogP contribution in [-0.4, -0.2) is 48.0 Å². The van der Waals surface area contributed by atoms with Gasteiger partial charge in [-0.25, -0.2) is 0 Å². The molecule has 42 heavy (non-hydrogen) atoms. The van der Waals surface area contributed by atoms with E-state index in [2.05, 4.69) is 112 Å². The maximum absolute atomic E-state index is 2.39. The van der Waals surface area contributed by atoms with Crippen LogP contribution in [0.3, 0.4) is 0 Å². The van der Waals surface area contributed by atoms with Gasteiger partial charge < -0.3 is 4.90 Å². The predicted molar refractivity (Wildman–Crippen MR) is 208 cm³/mol. The third kappa shape index (κ3) is 36.8. The highest BCUT2D eigenvalue weighted by Crippen LogP contribution is 2.35. The Kier molecular flexibility index (Phi) is 38.3. The van der Waals surface area contributed by atoms with Crippen LogP contribution in [0.2, 0.25) is 0 Å². The molecule has 0 aliphatic rings. The fourth-order valence-electron chi connectivity index (χ4n) is 4.57. The molecule has 1 unspecified atom stereocenters. The van der Waals surface area contributed by atoms with Gasteiger partial charge in [0.2, 0.25) is 0 Å². The van der Waals surface area contributed by atoms with E-state index in [-0.39, 0.29) is 0 Å². The zero-order valence-electron chi connectivity index (χ0n) is 28.5. The molecule has 0 rings (SSSR count). The molecule has 0 aromatic carbocycles. The normalized spacial score (nSPS) is 13.1. The lowest BCUT2D eigenvalue weighted by Gasteiger charge is -2.18. The SMILES string of the molecule is CCC/C=C\CCCCCCCCSSCC(CCN(C)C)SSCCCCCCCC/C=C\C/C=C\CCCCC. The van der Waals surface area contributed by atoms with Crippen LogP contribution >= 0.6 is 43.2 Å². The van der Waals surface area contributed by atoms with Gasteiger partial charge in [0.15, 0.2) is 0 Å². The van der Waals surface area contributed by atoms with Crippen LogP contribution in [0.25, 0.3) is 0 Å². The van der Waals surface area contributed by atoms with E-state index in [1.807, 2.05) is 0 Å². The molecule has 0 aliphatic carbocycles. The average molecular weight is 658 g/mol. The average Bonchev–Trinajstić information content (AvgIpc) is 2.98. The van der Waals surface area contributed by atoms with Gasteiger partial charge in [-0.05, 0) is 91.3 Å². The molecule has 0 aliphatic heterocycles. The van der Waals surface area contributed by atoms with E-state index in [4.69, 9.17) is 0 Å². The molecule has 0 radical (unpaired) electrons. The van der Waals surface area contributed by atoms with Gasteiger partial charge >= 0.3 is 0 Å². The molecule has 0 amide bonds. The van der Waals surface area contributed by atoms with Crippen molar-refractivity contribution in [3.63, 3.8) is 0 Å². The monoisotopic (exact) mass is 657 g/mol. The summed E-state index contributed by atoms with van der Waals surface area (Å²) in [6.45, 7) is 5.74. The van der Waals surface area contributed by atoms with E-state index in [1.165, 1.54) is 159 Å². The lowest BCUT2D eigenvalue weighted by molar-refractivity contribution is 0.401. The maximum atomic E-state index is 2.39. The van der Waals surface area contributed by atoms with Crippen LogP contribution in [0, 0.1) is 0 Å². The van der Waals surface area contributed by atoms with Gasteiger partial charge in [-0.3, -0.25) is 0 Å². The van der Waals surface area contributed by atoms with E-state index in [0.717, 1.165) is 11.7 Å². The zero-order chi connectivity index (χ0) is 30.6. The Hall–Kier alpha value is 0.580. The highest BCUT2D eigenvalue weighted by atomic mass is 33.1. The van der Waals surface area contributed by atoms with Gasteiger partial charge in [0.05, 0.1) is 0 Å². The number of allylic oxidation sites excluding steroid dienone is 6. The first kappa shape index (κ1) is 42.6. The summed E-state index contributed by atoms with van der Waals surface area (Å²) >= 11 is 0. The molecule has 0 aromatic rings. The quantitative estimate of drug-likeness (QED) is 0.0384. The lowest BCUT2D eigenvalue weighted by Crippen LogP contribution is -2.18. The van der Waals surface area contributed by atoms with Crippen LogP contribution in [0.15, 0.2) is 36.5 Å². The maximum Gasteiger partial charge on any atom is 0.0262 e. The van der Waals surface area contributed by atoms with E-state index >= 15 is 0 Å². The van der Waals surface area contributed by atoms with E-state index < -0.39 is 0 Å². The van der Waals surface area contributed by atoms with Crippen LogP contribution < -0.4 is 0 Å². The van der Waals surface area contributed by atoms with Crippen molar-refractivity contribution >= 4 is 43.2 Å². The van der Waals surface area contributed by atoms with E-state index in [0.29, 0.717) is 0 Å². The van der Waals surface area contributed by atoms with Crippen molar-refractivity contribution in [1.82, 2.24) is 4.90 Å². The molecule has 1 nitrogen and oxygen atoms in total. The van der Waals surface area contributed by atoms with Gasteiger partial charge in [0.1, 0.15) is 0 Å². The fourth-order valence-corrected chi connectivity index (χ4v) is 10.4. The molecule has 5 heteroatoms. The minimum Gasteiger partial charge on any atom is -0.309 e. The summed E-state index contributed by atoms with van der Waals surface area (Å²) in [5.41, 5.74) is 0. The topological polar surface area (TPSA) is 3.24 Å². The highest BCUT2D eigenvalue weighted by molar-refractivity contribution is 8.78. The number of rotatable bonds is 34. The van der Waals surface area contributed by atoms with Crippen LogP contribution in [-0.2, 0) is 0 Å². The standard InChI is InChI=1S/C37H71NS4/c1-5-7-9-11-13-15-17-18-19-20-21-23-25-27-29-31-35-40-42-37(32-33-38(3)4)36-41-39-34-30-28-26-24-22-16-14-12-10-8-6-2/h10,12-13,15,18-19,37H,5-9,11,14,16-17,20-36H2,1-4H3/b12-10-,15-13-,19-18-. The van der Waals surface area contributed by atoms with Crippen molar-refractivity contribution in [2.45, 2.75) is 160 Å². The Balaban J connectivity index is 3.63. The lowest BCUT2D eigenvalue weighted by atomic mass is 10.1. The fraction of sp³-hybridized carbons (Fsp3) is 0.838. The molecule has 0 fully saturated rings. The largest absolute Gasteiger partial charge is 0.309 e. The summed E-state index contributed by atoms with van der Waals surface area (Å²) in [6, 6.07) is 0. The first-order valence-corrected chi connectivity index (χ1v) is 22.7. The summed E-state index contributed by atoms with van der Waals surface area (Å²) in [7, 11) is 13.0. The Morgan fingerprint density at radius 2 is 1.00 bits per heavy atom. The highest BCUT2D eigenvalue weighted by Gasteiger charge is 2.11. The summed E-state index contributed by atoms with van der Waals surface area (Å²) < 4.78 is 0. The molecule has 0 aromatic heterocycles. The molecule has 248 valence electrons. The molecule has 0 saturated heterocycles. The number of nitrogens with zero attached hydrogens (tertiary/aromatic N) is 1. The van der Waals surface area contributed by atoms with Gasteiger partial charge in [-0.2, -0.15) is 0 Å². The first-order chi connectivity index (χ1) is 20.7. The number of unbranched alkanes of at least 4 members (excludes halogenated alkanes) is 16. The number of hydrogen-bond donors (Lipinski definition) is 0. The van der Waals surface area contributed by atoms with Crippen molar-refractivity contribution in [2.75, 3.05) is 37.9 Å². The predicted octanol–water partition coefficient (Wildman–Crippen LogP) is 14.0. The van der Waals surface area contributed by atoms with Crippen molar-refractivity contribution in [3.8, 4) is 0 Å². The minimum absolute atomic E-state index is 0.783. The molecule has 0 spiro atoms. The van der Waals surface area contributed by atoms with Gasteiger partial charge in [-0.1, -0.05) is 164 Å². The molecule has 0 N–H and O–H groups in total. The summed E-state index contributed by atoms with van der Waals surface area (Å²) in [5, 5.41) is 0.783. The van der Waals surface area contributed by atoms with Gasteiger partial charge in [-0.15, -0.1) is 0 Å².